The van der Waals surface area contributed by atoms with Crippen molar-refractivity contribution >= 4 is 28.4 Å². The molecule has 3 aromatic heterocycles. The molecule has 190 valence electrons. The normalized spacial score (nSPS) is 10.8. The van der Waals surface area contributed by atoms with Gasteiger partial charge >= 0.3 is 0 Å². The molecular formula is C29H26N6O3. The van der Waals surface area contributed by atoms with Crippen LogP contribution in [0, 0.1) is 6.92 Å². The number of hydrogen-bond acceptors (Lipinski definition) is 7. The second-order valence-corrected chi connectivity index (χ2v) is 8.65. The van der Waals surface area contributed by atoms with E-state index in [1.165, 1.54) is 12.4 Å². The number of pyridine rings is 1. The number of nitrogens with zero attached hydrogens (tertiary/aromatic N) is 4. The highest BCUT2D eigenvalue weighted by molar-refractivity contribution is 6.08. The van der Waals surface area contributed by atoms with Gasteiger partial charge in [-0.3, -0.25) is 4.79 Å². The minimum Gasteiger partial charge on any atom is -0.493 e. The summed E-state index contributed by atoms with van der Waals surface area (Å²) in [6.07, 6.45) is 4.42. The Labute approximate surface area is 219 Å². The molecular weight excluding hydrogens is 480 g/mol. The predicted molar refractivity (Wildman–Crippen MR) is 148 cm³/mol. The number of amides is 1. The number of aryl methyl sites for hydroxylation is 2. The standard InChI is InChI=1S/C29H26N6O3/c1-5-23(36)34-20-10-7-18(8-11-20)27-25(26-28(30)32-16-33-29(26)35(27)3)19-9-12-21(22(14-19)37-4)38-24-13-6-17(2)15-31-24/h5-16H,1H2,2-4H3,(H,34,36)(H2,30,32,33). The van der Waals surface area contributed by atoms with Crippen molar-refractivity contribution < 1.29 is 14.3 Å². The summed E-state index contributed by atoms with van der Waals surface area (Å²) in [7, 11) is 3.52. The number of fused-ring (bicyclic) bond motifs is 1. The van der Waals surface area contributed by atoms with E-state index in [1.54, 1.807) is 13.3 Å². The summed E-state index contributed by atoms with van der Waals surface area (Å²) in [5.41, 5.74) is 12.2. The number of carbonyl (C=O) groups excluding carboxylic acids is 1. The Hall–Kier alpha value is -5.18. The molecule has 2 aromatic carbocycles. The quantitative estimate of drug-likeness (QED) is 0.279. The van der Waals surface area contributed by atoms with Crippen LogP contribution < -0.4 is 20.5 Å². The minimum absolute atomic E-state index is 0.277. The van der Waals surface area contributed by atoms with Crippen LogP contribution in [-0.4, -0.2) is 32.5 Å². The van der Waals surface area contributed by atoms with Gasteiger partial charge in [-0.05, 0) is 54.0 Å². The fraction of sp³-hybridized carbons (Fsp3) is 0.103. The number of ether oxygens (including phenoxy) is 2. The number of anilines is 2. The molecule has 0 aliphatic heterocycles. The van der Waals surface area contributed by atoms with Crippen molar-refractivity contribution in [2.75, 3.05) is 18.2 Å². The smallest absolute Gasteiger partial charge is 0.247 e. The number of hydrogen-bond donors (Lipinski definition) is 2. The first-order valence-corrected chi connectivity index (χ1v) is 11.8. The minimum atomic E-state index is -0.277. The second kappa shape index (κ2) is 10.1. The Morgan fingerprint density at radius 2 is 1.79 bits per heavy atom. The van der Waals surface area contributed by atoms with Crippen LogP contribution in [0.1, 0.15) is 5.56 Å². The van der Waals surface area contributed by atoms with Crippen LogP contribution in [0.25, 0.3) is 33.4 Å². The van der Waals surface area contributed by atoms with Crippen molar-refractivity contribution in [3.63, 3.8) is 0 Å². The van der Waals surface area contributed by atoms with Gasteiger partial charge in [0.15, 0.2) is 11.5 Å². The zero-order valence-corrected chi connectivity index (χ0v) is 21.2. The van der Waals surface area contributed by atoms with Gasteiger partial charge < -0.3 is 25.1 Å². The lowest BCUT2D eigenvalue weighted by atomic mass is 9.98. The van der Waals surface area contributed by atoms with Crippen molar-refractivity contribution in [3.8, 4) is 39.8 Å². The van der Waals surface area contributed by atoms with Crippen LogP contribution in [0.4, 0.5) is 11.5 Å². The summed E-state index contributed by atoms with van der Waals surface area (Å²) in [6.45, 7) is 5.46. The van der Waals surface area contributed by atoms with E-state index in [0.29, 0.717) is 34.5 Å². The first-order valence-electron chi connectivity index (χ1n) is 11.8. The van der Waals surface area contributed by atoms with Gasteiger partial charge in [0.2, 0.25) is 11.8 Å². The summed E-state index contributed by atoms with van der Waals surface area (Å²) < 4.78 is 13.7. The van der Waals surface area contributed by atoms with Gasteiger partial charge in [-0.15, -0.1) is 0 Å². The second-order valence-electron chi connectivity index (χ2n) is 8.65. The van der Waals surface area contributed by atoms with Crippen molar-refractivity contribution in [2.24, 2.45) is 7.05 Å². The fourth-order valence-corrected chi connectivity index (χ4v) is 4.33. The number of nitrogen functional groups attached to an aromatic ring is 1. The summed E-state index contributed by atoms with van der Waals surface area (Å²) in [5.74, 6) is 1.62. The number of methoxy groups -OCH3 is 1. The highest BCUT2D eigenvalue weighted by Gasteiger charge is 2.23. The highest BCUT2D eigenvalue weighted by atomic mass is 16.5. The molecule has 9 heteroatoms. The van der Waals surface area contributed by atoms with Gasteiger partial charge in [0.1, 0.15) is 17.8 Å². The van der Waals surface area contributed by atoms with Gasteiger partial charge in [0.05, 0.1) is 18.2 Å². The molecule has 5 aromatic rings. The Morgan fingerprint density at radius 3 is 2.47 bits per heavy atom. The Kier molecular flexibility index (Phi) is 6.49. The molecule has 5 rings (SSSR count). The molecule has 9 nitrogen and oxygen atoms in total. The van der Waals surface area contributed by atoms with E-state index in [9.17, 15) is 4.79 Å². The average Bonchev–Trinajstić information content (AvgIpc) is 3.24. The highest BCUT2D eigenvalue weighted by Crippen LogP contribution is 2.44. The van der Waals surface area contributed by atoms with Gasteiger partial charge in [-0.1, -0.05) is 30.8 Å². The molecule has 3 N–H and O–H groups in total. The van der Waals surface area contributed by atoms with E-state index in [4.69, 9.17) is 15.2 Å². The van der Waals surface area contributed by atoms with Crippen molar-refractivity contribution in [3.05, 3.63) is 85.3 Å². The summed E-state index contributed by atoms with van der Waals surface area (Å²) in [4.78, 5) is 24.8. The molecule has 0 spiro atoms. The van der Waals surface area contributed by atoms with Gasteiger partial charge in [0, 0.05) is 30.6 Å². The molecule has 0 saturated heterocycles. The SMILES string of the molecule is C=CC(=O)Nc1ccc(-c2c(-c3ccc(Oc4ccc(C)cn4)c(OC)c3)c3c(N)ncnc3n2C)cc1. The number of aromatic nitrogens is 4. The first-order chi connectivity index (χ1) is 18.4. The Balaban J connectivity index is 1.64. The Bertz CT molecular complexity index is 1660. The zero-order valence-electron chi connectivity index (χ0n) is 21.2. The monoisotopic (exact) mass is 506 g/mol. The maximum Gasteiger partial charge on any atom is 0.247 e. The van der Waals surface area contributed by atoms with E-state index < -0.39 is 0 Å². The molecule has 0 bridgehead atoms. The summed E-state index contributed by atoms with van der Waals surface area (Å²) in [5, 5.41) is 3.50. The first kappa shape index (κ1) is 24.5. The maximum absolute atomic E-state index is 11.7. The molecule has 38 heavy (non-hydrogen) atoms. The predicted octanol–water partition coefficient (Wildman–Crippen LogP) is 5.51. The van der Waals surface area contributed by atoms with E-state index >= 15 is 0 Å². The third-order valence-corrected chi connectivity index (χ3v) is 6.16. The lowest BCUT2D eigenvalue weighted by Crippen LogP contribution is -2.06. The van der Waals surface area contributed by atoms with Crippen molar-refractivity contribution in [2.45, 2.75) is 6.92 Å². The number of nitrogens with two attached hydrogens (primary N) is 1. The molecule has 0 aliphatic rings. The molecule has 1 amide bonds. The number of nitrogens with one attached hydrogen (secondary N) is 1. The van der Waals surface area contributed by atoms with E-state index in [0.717, 1.165) is 33.3 Å². The van der Waals surface area contributed by atoms with Gasteiger partial charge in [-0.25, -0.2) is 15.0 Å². The molecule has 0 fully saturated rings. The molecule has 0 unspecified atom stereocenters. The van der Waals surface area contributed by atoms with Gasteiger partial charge in [-0.2, -0.15) is 0 Å². The average molecular weight is 507 g/mol. The largest absolute Gasteiger partial charge is 0.493 e. The molecule has 0 radical (unpaired) electrons. The zero-order chi connectivity index (χ0) is 26.8. The molecule has 0 aliphatic carbocycles. The number of carbonyl (C=O) groups is 1. The van der Waals surface area contributed by atoms with Crippen LogP contribution in [0.5, 0.6) is 17.4 Å². The maximum atomic E-state index is 11.7. The van der Waals surface area contributed by atoms with E-state index in [1.807, 2.05) is 73.1 Å². The van der Waals surface area contributed by atoms with Crippen molar-refractivity contribution in [1.82, 2.24) is 19.5 Å². The summed E-state index contributed by atoms with van der Waals surface area (Å²) >= 11 is 0. The van der Waals surface area contributed by atoms with Crippen LogP contribution in [0.2, 0.25) is 0 Å². The molecule has 0 saturated carbocycles. The lowest BCUT2D eigenvalue weighted by Gasteiger charge is -2.14. The van der Waals surface area contributed by atoms with Crippen LogP contribution >= 0.6 is 0 Å². The van der Waals surface area contributed by atoms with Crippen LogP contribution in [0.3, 0.4) is 0 Å². The van der Waals surface area contributed by atoms with Crippen molar-refractivity contribution in [1.29, 1.82) is 0 Å². The van der Waals surface area contributed by atoms with E-state index in [2.05, 4.69) is 26.8 Å². The summed E-state index contributed by atoms with van der Waals surface area (Å²) in [6, 6.07) is 16.9. The topological polar surface area (TPSA) is 117 Å². The lowest BCUT2D eigenvalue weighted by molar-refractivity contribution is -0.111. The Morgan fingerprint density at radius 1 is 1.03 bits per heavy atom. The van der Waals surface area contributed by atoms with E-state index in [-0.39, 0.29) is 5.91 Å². The van der Waals surface area contributed by atoms with Crippen LogP contribution in [0.15, 0.2) is 79.8 Å². The third-order valence-electron chi connectivity index (χ3n) is 6.16. The third kappa shape index (κ3) is 4.53. The number of benzene rings is 2. The van der Waals surface area contributed by atoms with Crippen LogP contribution in [-0.2, 0) is 11.8 Å². The van der Waals surface area contributed by atoms with Gasteiger partial charge in [0.25, 0.3) is 0 Å². The fourth-order valence-electron chi connectivity index (χ4n) is 4.33. The molecule has 3 heterocycles. The molecule has 0 atom stereocenters. The number of rotatable bonds is 7.